The van der Waals surface area contributed by atoms with E-state index in [-0.39, 0.29) is 30.1 Å². The predicted octanol–water partition coefficient (Wildman–Crippen LogP) is 2.48. The highest BCUT2D eigenvalue weighted by Crippen LogP contribution is 2.27. The highest BCUT2D eigenvalue weighted by atomic mass is 32.2. The van der Waals surface area contributed by atoms with Crippen molar-refractivity contribution in [1.29, 1.82) is 0 Å². The Kier molecular flexibility index (Phi) is 6.57. The summed E-state index contributed by atoms with van der Waals surface area (Å²) in [7, 11) is 0. The maximum atomic E-state index is 12.9. The van der Waals surface area contributed by atoms with Gasteiger partial charge in [-0.25, -0.2) is 4.39 Å². The van der Waals surface area contributed by atoms with Gasteiger partial charge in [0, 0.05) is 35.5 Å². The molecule has 1 aliphatic rings. The minimum absolute atomic E-state index is 0.160. The van der Waals surface area contributed by atoms with Gasteiger partial charge >= 0.3 is 5.97 Å². The zero-order valence-electron chi connectivity index (χ0n) is 12.0. The molecule has 1 heterocycles. The Balaban J connectivity index is 1.99. The van der Waals surface area contributed by atoms with Crippen LogP contribution in [0.3, 0.4) is 0 Å². The van der Waals surface area contributed by atoms with Crippen LogP contribution in [-0.4, -0.2) is 50.9 Å². The van der Waals surface area contributed by atoms with Crippen LogP contribution in [0.1, 0.15) is 12.0 Å². The molecule has 1 aliphatic heterocycles. The summed E-state index contributed by atoms with van der Waals surface area (Å²) in [6.45, 7) is -0.142. The van der Waals surface area contributed by atoms with E-state index in [4.69, 9.17) is 5.11 Å². The van der Waals surface area contributed by atoms with Crippen LogP contribution in [-0.2, 0) is 16.1 Å². The number of amides is 1. The summed E-state index contributed by atoms with van der Waals surface area (Å²) < 4.78 is 12.9. The van der Waals surface area contributed by atoms with E-state index in [2.05, 4.69) is 0 Å². The molecule has 0 saturated carbocycles. The fraction of sp³-hybridized carbons (Fsp3) is 0.467. The Labute approximate surface area is 137 Å². The van der Waals surface area contributed by atoms with E-state index < -0.39 is 5.97 Å². The molecule has 1 aromatic rings. The highest BCUT2D eigenvalue weighted by molar-refractivity contribution is 8.06. The molecule has 1 atom stereocenters. The van der Waals surface area contributed by atoms with Crippen molar-refractivity contribution in [3.05, 3.63) is 35.6 Å². The number of hydrogen-bond acceptors (Lipinski definition) is 4. The number of nitrogens with zero attached hydrogens (tertiary/aromatic N) is 1. The molecule has 0 spiro atoms. The van der Waals surface area contributed by atoms with Crippen LogP contribution in [0.15, 0.2) is 24.3 Å². The minimum atomic E-state index is -1.04. The number of carboxylic acid groups (broad SMARTS) is 1. The highest BCUT2D eigenvalue weighted by Gasteiger charge is 2.23. The van der Waals surface area contributed by atoms with Gasteiger partial charge in [-0.1, -0.05) is 12.1 Å². The fourth-order valence-electron chi connectivity index (χ4n) is 2.18. The lowest BCUT2D eigenvalue weighted by Gasteiger charge is -2.25. The van der Waals surface area contributed by atoms with Crippen molar-refractivity contribution < 1.29 is 19.1 Å². The number of thioether (sulfide) groups is 2. The Morgan fingerprint density at radius 3 is 2.59 bits per heavy atom. The van der Waals surface area contributed by atoms with E-state index in [1.807, 2.05) is 11.8 Å². The van der Waals surface area contributed by atoms with Crippen molar-refractivity contribution in [1.82, 2.24) is 4.90 Å². The third-order valence-electron chi connectivity index (χ3n) is 3.25. The third kappa shape index (κ3) is 5.53. The molecule has 7 heteroatoms. The average Bonchev–Trinajstić information content (AvgIpc) is 2.49. The van der Waals surface area contributed by atoms with E-state index >= 15 is 0 Å². The van der Waals surface area contributed by atoms with Crippen molar-refractivity contribution in [3.8, 4) is 0 Å². The van der Waals surface area contributed by atoms with Gasteiger partial charge in [0.15, 0.2) is 0 Å². The first kappa shape index (κ1) is 17.1. The molecule has 1 N–H and O–H groups in total. The molecule has 0 bridgehead atoms. The average molecular weight is 343 g/mol. The lowest BCUT2D eigenvalue weighted by molar-refractivity contribution is -0.144. The number of hydrogen-bond donors (Lipinski definition) is 1. The van der Waals surface area contributed by atoms with Gasteiger partial charge in [0.1, 0.15) is 12.4 Å². The molecule has 4 nitrogen and oxygen atoms in total. The van der Waals surface area contributed by atoms with Crippen LogP contribution in [0.5, 0.6) is 0 Å². The first-order chi connectivity index (χ1) is 10.5. The second kappa shape index (κ2) is 8.43. The SMILES string of the molecule is O=C(O)CN(Cc1ccc(F)cc1)C(=O)CC1CSCCS1. The fourth-order valence-corrected chi connectivity index (χ4v) is 4.86. The van der Waals surface area contributed by atoms with Crippen molar-refractivity contribution in [3.63, 3.8) is 0 Å². The molecule has 2 rings (SSSR count). The molecule has 0 radical (unpaired) electrons. The van der Waals surface area contributed by atoms with Crippen molar-refractivity contribution in [2.75, 3.05) is 23.8 Å². The van der Waals surface area contributed by atoms with Crippen LogP contribution >= 0.6 is 23.5 Å². The normalized spacial score (nSPS) is 18.0. The topological polar surface area (TPSA) is 57.6 Å². The smallest absolute Gasteiger partial charge is 0.323 e. The number of aliphatic carboxylic acids is 1. The first-order valence-electron chi connectivity index (χ1n) is 6.98. The Bertz CT molecular complexity index is 518. The van der Waals surface area contributed by atoms with Crippen molar-refractivity contribution in [2.24, 2.45) is 0 Å². The number of carboxylic acids is 1. The summed E-state index contributed by atoms with van der Waals surface area (Å²) in [5.74, 6) is 1.50. The molecule has 1 fully saturated rings. The Hall–Kier alpha value is -1.21. The summed E-state index contributed by atoms with van der Waals surface area (Å²) in [6, 6.07) is 5.77. The third-order valence-corrected chi connectivity index (χ3v) is 6.10. The van der Waals surface area contributed by atoms with Crippen LogP contribution in [0.25, 0.3) is 0 Å². The maximum absolute atomic E-state index is 12.9. The minimum Gasteiger partial charge on any atom is -0.480 e. The van der Waals surface area contributed by atoms with E-state index in [0.29, 0.717) is 6.42 Å². The molecule has 0 aromatic heterocycles. The number of carbonyl (C=O) groups excluding carboxylic acids is 1. The van der Waals surface area contributed by atoms with Crippen molar-refractivity contribution in [2.45, 2.75) is 18.2 Å². The lowest BCUT2D eigenvalue weighted by atomic mass is 10.2. The van der Waals surface area contributed by atoms with Gasteiger partial charge in [0.2, 0.25) is 5.91 Å². The van der Waals surface area contributed by atoms with Crippen LogP contribution in [0, 0.1) is 5.82 Å². The zero-order chi connectivity index (χ0) is 15.9. The molecular formula is C15H18FNO3S2. The molecule has 1 unspecified atom stereocenters. The maximum Gasteiger partial charge on any atom is 0.323 e. The Morgan fingerprint density at radius 2 is 2.00 bits per heavy atom. The van der Waals surface area contributed by atoms with E-state index in [1.165, 1.54) is 17.0 Å². The summed E-state index contributed by atoms with van der Waals surface area (Å²) in [6.07, 6.45) is 0.353. The molecule has 120 valence electrons. The van der Waals surface area contributed by atoms with Crippen molar-refractivity contribution >= 4 is 35.4 Å². The van der Waals surface area contributed by atoms with E-state index in [0.717, 1.165) is 22.8 Å². The largest absolute Gasteiger partial charge is 0.480 e. The summed E-state index contributed by atoms with van der Waals surface area (Å²) >= 11 is 3.60. The summed E-state index contributed by atoms with van der Waals surface area (Å²) in [5, 5.41) is 9.24. The number of carbonyl (C=O) groups is 2. The van der Waals surface area contributed by atoms with Gasteiger partial charge in [-0.2, -0.15) is 23.5 Å². The molecular weight excluding hydrogens is 325 g/mol. The quantitative estimate of drug-likeness (QED) is 0.860. The molecule has 1 aromatic carbocycles. The second-order valence-electron chi connectivity index (χ2n) is 5.04. The van der Waals surface area contributed by atoms with Gasteiger partial charge in [0.05, 0.1) is 0 Å². The lowest BCUT2D eigenvalue weighted by Crippen LogP contribution is -2.37. The van der Waals surface area contributed by atoms with E-state index in [9.17, 15) is 14.0 Å². The Morgan fingerprint density at radius 1 is 1.27 bits per heavy atom. The van der Waals surface area contributed by atoms with Gasteiger partial charge < -0.3 is 10.0 Å². The van der Waals surface area contributed by atoms with E-state index in [1.54, 1.807) is 23.9 Å². The first-order valence-corrected chi connectivity index (χ1v) is 9.18. The van der Waals surface area contributed by atoms with Gasteiger partial charge in [0.25, 0.3) is 0 Å². The second-order valence-corrected chi connectivity index (χ2v) is 7.60. The molecule has 22 heavy (non-hydrogen) atoms. The van der Waals surface area contributed by atoms with Crippen LogP contribution in [0.4, 0.5) is 4.39 Å². The molecule has 1 amide bonds. The summed E-state index contributed by atoms with van der Waals surface area (Å²) in [5.41, 5.74) is 0.724. The number of benzene rings is 1. The molecule has 0 aliphatic carbocycles. The standard InChI is InChI=1S/C15H18FNO3S2/c16-12-3-1-11(2-4-12)8-17(9-15(19)20)14(18)7-13-10-21-5-6-22-13/h1-4,13H,5-10H2,(H,19,20). The monoisotopic (exact) mass is 343 g/mol. The van der Waals surface area contributed by atoms with Gasteiger partial charge in [-0.15, -0.1) is 0 Å². The molecule has 1 saturated heterocycles. The predicted molar refractivity (Wildman–Crippen MR) is 87.6 cm³/mol. The van der Waals surface area contributed by atoms with Crippen LogP contribution < -0.4 is 0 Å². The number of rotatable bonds is 6. The van der Waals surface area contributed by atoms with Crippen LogP contribution in [0.2, 0.25) is 0 Å². The number of halogens is 1. The summed E-state index contributed by atoms with van der Waals surface area (Å²) in [4.78, 5) is 24.7. The zero-order valence-corrected chi connectivity index (χ0v) is 13.7. The van der Waals surface area contributed by atoms with Gasteiger partial charge in [-0.05, 0) is 17.7 Å². The van der Waals surface area contributed by atoms with Gasteiger partial charge in [-0.3, -0.25) is 9.59 Å².